The first-order chi connectivity index (χ1) is 10.0. The standard InChI is InChI=1S/C14H11F2NO4/c15-11-2-3-13(17(19)20)10(6-11)8-21-14-4-1-9(7-18)5-12(14)16/h1-6,18H,7-8H2. The van der Waals surface area contributed by atoms with Crippen molar-refractivity contribution < 1.29 is 23.5 Å². The lowest BCUT2D eigenvalue weighted by Crippen LogP contribution is -2.02. The fourth-order valence-corrected chi connectivity index (χ4v) is 1.76. The Bertz CT molecular complexity index is 676. The van der Waals surface area contributed by atoms with Gasteiger partial charge in [-0.3, -0.25) is 10.1 Å². The molecule has 0 aromatic heterocycles. The summed E-state index contributed by atoms with van der Waals surface area (Å²) >= 11 is 0. The molecule has 5 nitrogen and oxygen atoms in total. The van der Waals surface area contributed by atoms with Crippen LogP contribution in [0.4, 0.5) is 14.5 Å². The van der Waals surface area contributed by atoms with E-state index in [0.717, 1.165) is 24.3 Å². The molecule has 1 N–H and O–H groups in total. The smallest absolute Gasteiger partial charge is 0.276 e. The molecule has 0 unspecified atom stereocenters. The quantitative estimate of drug-likeness (QED) is 0.680. The van der Waals surface area contributed by atoms with Crippen LogP contribution in [-0.2, 0) is 13.2 Å². The van der Waals surface area contributed by atoms with Crippen molar-refractivity contribution in [3.8, 4) is 5.75 Å². The Morgan fingerprint density at radius 3 is 2.57 bits per heavy atom. The highest BCUT2D eigenvalue weighted by Crippen LogP contribution is 2.24. The van der Waals surface area contributed by atoms with Gasteiger partial charge >= 0.3 is 0 Å². The lowest BCUT2D eigenvalue weighted by Gasteiger charge is -2.08. The maximum absolute atomic E-state index is 13.6. The molecule has 0 spiro atoms. The topological polar surface area (TPSA) is 72.6 Å². The SMILES string of the molecule is O=[N+]([O-])c1ccc(F)cc1COc1ccc(CO)cc1F. The van der Waals surface area contributed by atoms with E-state index in [1.165, 1.54) is 12.1 Å². The molecule has 0 atom stereocenters. The maximum atomic E-state index is 13.6. The van der Waals surface area contributed by atoms with E-state index >= 15 is 0 Å². The third-order valence-corrected chi connectivity index (χ3v) is 2.80. The summed E-state index contributed by atoms with van der Waals surface area (Å²) in [5.41, 5.74) is 0.0750. The van der Waals surface area contributed by atoms with E-state index in [4.69, 9.17) is 9.84 Å². The number of aliphatic hydroxyl groups is 1. The first-order valence-corrected chi connectivity index (χ1v) is 5.96. The van der Waals surface area contributed by atoms with Crippen LogP contribution < -0.4 is 4.74 Å². The summed E-state index contributed by atoms with van der Waals surface area (Å²) < 4.78 is 31.9. The van der Waals surface area contributed by atoms with Crippen LogP contribution in [0.1, 0.15) is 11.1 Å². The molecule has 0 saturated heterocycles. The number of nitrogens with zero attached hydrogens (tertiary/aromatic N) is 1. The van der Waals surface area contributed by atoms with Crippen LogP contribution >= 0.6 is 0 Å². The van der Waals surface area contributed by atoms with Crippen molar-refractivity contribution in [2.45, 2.75) is 13.2 Å². The van der Waals surface area contributed by atoms with Gasteiger partial charge in [0.25, 0.3) is 5.69 Å². The van der Waals surface area contributed by atoms with Crippen LogP contribution in [0.5, 0.6) is 5.75 Å². The van der Waals surface area contributed by atoms with E-state index < -0.39 is 16.6 Å². The molecule has 0 heterocycles. The summed E-state index contributed by atoms with van der Waals surface area (Å²) in [5, 5.41) is 19.7. The molecular weight excluding hydrogens is 284 g/mol. The zero-order valence-electron chi connectivity index (χ0n) is 10.8. The van der Waals surface area contributed by atoms with Crippen LogP contribution in [-0.4, -0.2) is 10.0 Å². The van der Waals surface area contributed by atoms with Gasteiger partial charge in [-0.05, 0) is 29.8 Å². The number of nitro benzene ring substituents is 1. The van der Waals surface area contributed by atoms with Gasteiger partial charge in [-0.1, -0.05) is 6.07 Å². The third kappa shape index (κ3) is 3.51. The number of halogens is 2. The van der Waals surface area contributed by atoms with Crippen molar-refractivity contribution in [3.63, 3.8) is 0 Å². The lowest BCUT2D eigenvalue weighted by molar-refractivity contribution is -0.385. The van der Waals surface area contributed by atoms with Crippen molar-refractivity contribution >= 4 is 5.69 Å². The average Bonchev–Trinajstić information content (AvgIpc) is 2.45. The van der Waals surface area contributed by atoms with Gasteiger partial charge in [-0.2, -0.15) is 0 Å². The minimum Gasteiger partial charge on any atom is -0.486 e. The van der Waals surface area contributed by atoms with E-state index in [0.29, 0.717) is 5.56 Å². The molecular formula is C14H11F2NO4. The molecule has 0 aliphatic heterocycles. The molecule has 21 heavy (non-hydrogen) atoms. The molecule has 0 amide bonds. The van der Waals surface area contributed by atoms with Crippen molar-refractivity contribution in [3.05, 3.63) is 69.3 Å². The number of rotatable bonds is 5. The molecule has 0 radical (unpaired) electrons. The third-order valence-electron chi connectivity index (χ3n) is 2.80. The second-order valence-corrected chi connectivity index (χ2v) is 4.24. The van der Waals surface area contributed by atoms with Crippen molar-refractivity contribution in [1.82, 2.24) is 0 Å². The highest BCUT2D eigenvalue weighted by Gasteiger charge is 2.15. The fraction of sp³-hybridized carbons (Fsp3) is 0.143. The van der Waals surface area contributed by atoms with Crippen LogP contribution in [0.25, 0.3) is 0 Å². The van der Waals surface area contributed by atoms with Gasteiger partial charge in [-0.25, -0.2) is 8.78 Å². The fourth-order valence-electron chi connectivity index (χ4n) is 1.76. The van der Waals surface area contributed by atoms with E-state index in [9.17, 15) is 18.9 Å². The number of hydrogen-bond donors (Lipinski definition) is 1. The number of ether oxygens (including phenoxy) is 1. The summed E-state index contributed by atoms with van der Waals surface area (Å²) in [7, 11) is 0. The second kappa shape index (κ2) is 6.27. The molecule has 0 aliphatic carbocycles. The number of hydrogen-bond acceptors (Lipinski definition) is 4. The Morgan fingerprint density at radius 2 is 1.95 bits per heavy atom. The van der Waals surface area contributed by atoms with Gasteiger partial charge in [0, 0.05) is 6.07 Å². The maximum Gasteiger partial charge on any atom is 0.276 e. The minimum absolute atomic E-state index is 0.00522. The Morgan fingerprint density at radius 1 is 1.19 bits per heavy atom. The summed E-state index contributed by atoms with van der Waals surface area (Å²) in [4.78, 5) is 10.2. The lowest BCUT2D eigenvalue weighted by atomic mass is 10.2. The largest absolute Gasteiger partial charge is 0.486 e. The summed E-state index contributed by atoms with van der Waals surface area (Å²) in [6.45, 7) is -0.657. The molecule has 7 heteroatoms. The highest BCUT2D eigenvalue weighted by molar-refractivity contribution is 5.40. The van der Waals surface area contributed by atoms with Gasteiger partial charge in [0.1, 0.15) is 12.4 Å². The second-order valence-electron chi connectivity index (χ2n) is 4.24. The van der Waals surface area contributed by atoms with Crippen molar-refractivity contribution in [2.24, 2.45) is 0 Å². The Balaban J connectivity index is 2.20. The Labute approximate surface area is 118 Å². The van der Waals surface area contributed by atoms with Gasteiger partial charge in [0.05, 0.1) is 17.1 Å². The van der Waals surface area contributed by atoms with E-state index in [1.807, 2.05) is 0 Å². The average molecular weight is 295 g/mol. The number of benzene rings is 2. The summed E-state index contributed by atoms with van der Waals surface area (Å²) in [5.74, 6) is -1.48. The van der Waals surface area contributed by atoms with Crippen molar-refractivity contribution in [1.29, 1.82) is 0 Å². The zero-order valence-corrected chi connectivity index (χ0v) is 10.8. The van der Waals surface area contributed by atoms with Crippen LogP contribution in [0.2, 0.25) is 0 Å². The number of nitro groups is 1. The molecule has 0 saturated carbocycles. The molecule has 2 rings (SSSR count). The van der Waals surface area contributed by atoms with E-state index in [1.54, 1.807) is 0 Å². The Hall–Kier alpha value is -2.54. The minimum atomic E-state index is -0.708. The first-order valence-electron chi connectivity index (χ1n) is 5.96. The monoisotopic (exact) mass is 295 g/mol. The predicted molar refractivity (Wildman–Crippen MR) is 69.7 cm³/mol. The van der Waals surface area contributed by atoms with Gasteiger partial charge in [0.2, 0.25) is 0 Å². The molecule has 0 fully saturated rings. The molecule has 0 aliphatic rings. The van der Waals surface area contributed by atoms with Gasteiger partial charge in [-0.15, -0.1) is 0 Å². The Kier molecular flexibility index (Phi) is 4.44. The van der Waals surface area contributed by atoms with Gasteiger partial charge < -0.3 is 9.84 Å². The normalized spacial score (nSPS) is 10.4. The number of aliphatic hydroxyl groups excluding tert-OH is 1. The van der Waals surface area contributed by atoms with E-state index in [2.05, 4.69) is 0 Å². The van der Waals surface area contributed by atoms with Crippen LogP contribution in [0.15, 0.2) is 36.4 Å². The van der Waals surface area contributed by atoms with Crippen LogP contribution in [0.3, 0.4) is 0 Å². The molecule has 2 aromatic rings. The molecule has 2 aromatic carbocycles. The van der Waals surface area contributed by atoms with Crippen molar-refractivity contribution in [2.75, 3.05) is 0 Å². The first kappa shape index (κ1) is 14.9. The molecule has 110 valence electrons. The summed E-state index contributed by atoms with van der Waals surface area (Å²) in [6.07, 6.45) is 0. The van der Waals surface area contributed by atoms with Gasteiger partial charge in [0.15, 0.2) is 11.6 Å². The molecule has 0 bridgehead atoms. The predicted octanol–water partition coefficient (Wildman–Crippen LogP) is 2.94. The summed E-state index contributed by atoms with van der Waals surface area (Å²) in [6, 6.07) is 6.81. The van der Waals surface area contributed by atoms with Crippen LogP contribution in [0, 0.1) is 21.7 Å². The zero-order chi connectivity index (χ0) is 15.4. The highest BCUT2D eigenvalue weighted by atomic mass is 19.1. The van der Waals surface area contributed by atoms with E-state index in [-0.39, 0.29) is 30.2 Å².